The van der Waals surface area contributed by atoms with E-state index in [0.717, 1.165) is 0 Å². The zero-order chi connectivity index (χ0) is 10.6. The van der Waals surface area contributed by atoms with Crippen LogP contribution in [0, 0.1) is 0 Å². The topological polar surface area (TPSA) is 43.4 Å². The van der Waals surface area contributed by atoms with Crippen LogP contribution in [0.15, 0.2) is 24.3 Å². The molecule has 0 aliphatic carbocycles. The molecular weight excluding hydrogens is 227 g/mol. The molecule has 0 N–H and O–H groups in total. The Morgan fingerprint density at radius 1 is 1.00 bits per heavy atom. The summed E-state index contributed by atoms with van der Waals surface area (Å²) in [7, 11) is 0. The van der Waals surface area contributed by atoms with Crippen molar-refractivity contribution < 1.29 is 14.3 Å². The molecule has 0 aromatic heterocycles. The third-order valence-corrected chi connectivity index (χ3v) is 1.55. The first-order valence-electron chi connectivity index (χ1n) is 3.68. The lowest BCUT2D eigenvalue weighted by Gasteiger charge is -1.86. The van der Waals surface area contributed by atoms with Gasteiger partial charge in [-0.2, -0.15) is 0 Å². The minimum Gasteiger partial charge on any atom is -0.386 e. The largest absolute Gasteiger partial charge is 0.386 e. The fourth-order valence-electron chi connectivity index (χ4n) is 1.03. The Hall–Kier alpha value is -1.06. The number of hydrogen-bond donors (Lipinski definition) is 0. The summed E-state index contributed by atoms with van der Waals surface area (Å²) >= 11 is 9.53. The monoisotopic (exact) mass is 232 g/mol. The summed E-state index contributed by atoms with van der Waals surface area (Å²) in [4.78, 5) is 21.7. The number of benzene rings is 1. The van der Waals surface area contributed by atoms with E-state index in [2.05, 4.69) is 4.74 Å². The van der Waals surface area contributed by atoms with Crippen molar-refractivity contribution in [2.24, 2.45) is 0 Å². The van der Waals surface area contributed by atoms with E-state index >= 15 is 0 Å². The summed E-state index contributed by atoms with van der Waals surface area (Å²) in [5, 5.41) is 0.194. The Labute approximate surface area is 90.6 Å². The van der Waals surface area contributed by atoms with Crippen molar-refractivity contribution in [3.05, 3.63) is 35.4 Å². The van der Waals surface area contributed by atoms with Gasteiger partial charge in [-0.3, -0.25) is 0 Å². The first-order valence-corrected chi connectivity index (χ1v) is 4.75. The maximum Gasteiger partial charge on any atom is 0.346 e. The van der Waals surface area contributed by atoms with E-state index in [-0.39, 0.29) is 5.34 Å². The molecule has 74 valence electrons. The maximum atomic E-state index is 10.8. The summed E-state index contributed by atoms with van der Waals surface area (Å²) in [5.41, 5.74) is 0.718. The van der Waals surface area contributed by atoms with Gasteiger partial charge in [-0.25, -0.2) is 9.59 Å². The van der Waals surface area contributed by atoms with Crippen LogP contribution in [0.4, 0.5) is 0 Å². The van der Waals surface area contributed by atoms with Gasteiger partial charge in [0.2, 0.25) is 0 Å². The van der Waals surface area contributed by atoms with Crippen LogP contribution in [-0.2, 0) is 4.74 Å². The van der Waals surface area contributed by atoms with E-state index in [1.54, 1.807) is 24.3 Å². The van der Waals surface area contributed by atoms with E-state index in [1.165, 1.54) is 0 Å². The predicted octanol–water partition coefficient (Wildman–Crippen LogP) is 2.42. The highest BCUT2D eigenvalue weighted by Crippen LogP contribution is 2.18. The van der Waals surface area contributed by atoms with Crippen LogP contribution in [0.3, 0.4) is 0 Å². The summed E-state index contributed by atoms with van der Waals surface area (Å²) in [6, 6.07) is 6.53. The Morgan fingerprint density at radius 2 is 1.36 bits per heavy atom. The molecule has 0 bridgehead atoms. The lowest BCUT2D eigenvalue weighted by molar-refractivity contribution is 0.0444. The van der Waals surface area contributed by atoms with Crippen LogP contribution >= 0.6 is 23.2 Å². The van der Waals surface area contributed by atoms with Gasteiger partial charge in [0.15, 0.2) is 0 Å². The van der Waals surface area contributed by atoms with Gasteiger partial charge in [0.05, 0.1) is 16.5 Å². The van der Waals surface area contributed by atoms with Crippen LogP contribution < -0.4 is 0 Å². The molecule has 0 unspecified atom stereocenters. The minimum atomic E-state index is -0.550. The van der Waals surface area contributed by atoms with Crippen LogP contribution in [0.5, 0.6) is 0 Å². The highest BCUT2D eigenvalue weighted by atomic mass is 35.5. The quantitative estimate of drug-likeness (QED) is 0.392. The van der Waals surface area contributed by atoms with Gasteiger partial charge >= 0.3 is 11.9 Å². The van der Waals surface area contributed by atoms with Gasteiger partial charge in [-0.1, -0.05) is 12.1 Å². The maximum absolute atomic E-state index is 10.8. The van der Waals surface area contributed by atoms with Crippen LogP contribution in [-0.4, -0.2) is 17.3 Å². The number of alkyl halides is 2. The summed E-state index contributed by atoms with van der Waals surface area (Å²) in [6.07, 6.45) is 0. The van der Waals surface area contributed by atoms with E-state index in [4.69, 9.17) is 23.2 Å². The molecule has 0 saturated carbocycles. The van der Waals surface area contributed by atoms with Crippen LogP contribution in [0.25, 0.3) is 0 Å². The van der Waals surface area contributed by atoms with Crippen molar-refractivity contribution in [1.82, 2.24) is 0 Å². The second kappa shape index (κ2) is 4.98. The summed E-state index contributed by atoms with van der Waals surface area (Å²) < 4.78 is 4.35. The number of fused-ring (bicyclic) bond motifs is 1. The summed E-state index contributed by atoms with van der Waals surface area (Å²) in [6.45, 7) is 0. The molecule has 1 aliphatic rings. The molecule has 0 fully saturated rings. The minimum absolute atomic E-state index is 0.194. The van der Waals surface area contributed by atoms with E-state index in [1.807, 2.05) is 0 Å². The van der Waals surface area contributed by atoms with E-state index in [0.29, 0.717) is 11.1 Å². The second-order valence-corrected chi connectivity index (χ2v) is 3.13. The third-order valence-electron chi connectivity index (χ3n) is 1.55. The molecule has 1 aliphatic heterocycles. The average molecular weight is 233 g/mol. The number of carbonyl (C=O) groups is 2. The zero-order valence-electron chi connectivity index (χ0n) is 7.00. The van der Waals surface area contributed by atoms with Crippen molar-refractivity contribution >= 4 is 35.1 Å². The Bertz CT molecular complexity index is 330. The van der Waals surface area contributed by atoms with Crippen LogP contribution in [0.1, 0.15) is 20.7 Å². The lowest BCUT2D eigenvalue weighted by atomic mass is 10.1. The zero-order valence-corrected chi connectivity index (χ0v) is 8.51. The average Bonchev–Trinajstić information content (AvgIpc) is 2.45. The molecule has 0 saturated heterocycles. The molecule has 1 heterocycles. The first-order chi connectivity index (χ1) is 6.70. The molecule has 0 atom stereocenters. The number of rotatable bonds is 0. The number of cyclic esters (lactones) is 2. The Morgan fingerprint density at radius 3 is 1.71 bits per heavy atom. The third kappa shape index (κ3) is 2.25. The SMILES string of the molecule is ClCCl.O=C1OC(=O)c2ccccc21. The van der Waals surface area contributed by atoms with Crippen molar-refractivity contribution in [3.63, 3.8) is 0 Å². The smallest absolute Gasteiger partial charge is 0.346 e. The fraction of sp³-hybridized carbons (Fsp3) is 0.111. The van der Waals surface area contributed by atoms with E-state index < -0.39 is 11.9 Å². The second-order valence-electron chi connectivity index (χ2n) is 2.32. The molecule has 0 radical (unpaired) electrons. The highest BCUT2D eigenvalue weighted by molar-refractivity contribution is 6.40. The van der Waals surface area contributed by atoms with Crippen molar-refractivity contribution in [3.8, 4) is 0 Å². The van der Waals surface area contributed by atoms with Crippen LogP contribution in [0.2, 0.25) is 0 Å². The Kier molecular flexibility index (Phi) is 3.92. The van der Waals surface area contributed by atoms with Gasteiger partial charge in [0.25, 0.3) is 0 Å². The molecule has 1 aromatic carbocycles. The first kappa shape index (κ1) is 11.0. The number of ether oxygens (including phenoxy) is 1. The number of carbonyl (C=O) groups excluding carboxylic acids is 2. The van der Waals surface area contributed by atoms with Gasteiger partial charge < -0.3 is 4.74 Å². The molecular formula is C9H6Cl2O3. The van der Waals surface area contributed by atoms with Gasteiger partial charge in [0.1, 0.15) is 0 Å². The predicted molar refractivity (Wildman–Crippen MR) is 52.8 cm³/mol. The van der Waals surface area contributed by atoms with Crippen molar-refractivity contribution in [1.29, 1.82) is 0 Å². The molecule has 2 rings (SSSR count). The molecule has 0 amide bonds. The van der Waals surface area contributed by atoms with Gasteiger partial charge in [-0.15, -0.1) is 23.2 Å². The Balaban J connectivity index is 0.000000293. The number of halogens is 2. The number of esters is 2. The van der Waals surface area contributed by atoms with Crippen molar-refractivity contribution in [2.45, 2.75) is 0 Å². The lowest BCUT2D eigenvalue weighted by Crippen LogP contribution is -1.96. The highest BCUT2D eigenvalue weighted by Gasteiger charge is 2.28. The standard InChI is InChI=1S/C8H4O3.CH2Cl2/c9-7-5-3-1-2-4-6(5)8(10)11-7;2-1-3/h1-4H;1H2. The normalized spacial score (nSPS) is 12.7. The van der Waals surface area contributed by atoms with Crippen molar-refractivity contribution in [2.75, 3.05) is 5.34 Å². The molecule has 14 heavy (non-hydrogen) atoms. The van der Waals surface area contributed by atoms with Gasteiger partial charge in [-0.05, 0) is 12.1 Å². The fourth-order valence-corrected chi connectivity index (χ4v) is 1.03. The molecule has 0 spiro atoms. The molecule has 1 aromatic rings. The molecule has 3 nitrogen and oxygen atoms in total. The number of hydrogen-bond acceptors (Lipinski definition) is 3. The summed E-state index contributed by atoms with van der Waals surface area (Å²) in [5.74, 6) is -1.10. The van der Waals surface area contributed by atoms with E-state index in [9.17, 15) is 9.59 Å². The van der Waals surface area contributed by atoms with Gasteiger partial charge in [0, 0.05) is 0 Å². The molecule has 5 heteroatoms.